The first-order valence-corrected chi connectivity index (χ1v) is 12.7. The molecule has 0 amide bonds. The van der Waals surface area contributed by atoms with E-state index in [1.54, 1.807) is 11.3 Å². The van der Waals surface area contributed by atoms with Crippen LogP contribution in [0.5, 0.6) is 5.75 Å². The van der Waals surface area contributed by atoms with Crippen LogP contribution < -0.4 is 4.74 Å². The number of thiazole rings is 1. The predicted molar refractivity (Wildman–Crippen MR) is 132 cm³/mol. The zero-order valence-corrected chi connectivity index (χ0v) is 20.9. The molecule has 1 atom stereocenters. The van der Waals surface area contributed by atoms with E-state index in [1.165, 1.54) is 18.2 Å². The van der Waals surface area contributed by atoms with Crippen LogP contribution in [0.1, 0.15) is 16.5 Å². The summed E-state index contributed by atoms with van der Waals surface area (Å²) in [7, 11) is 0. The van der Waals surface area contributed by atoms with Crippen LogP contribution in [0.4, 0.5) is 13.2 Å². The van der Waals surface area contributed by atoms with Crippen LogP contribution in [-0.4, -0.2) is 75.5 Å². The normalized spacial score (nSPS) is 16.4. The Hall–Kier alpha value is -3.06. The van der Waals surface area contributed by atoms with Gasteiger partial charge in [-0.2, -0.15) is 18.2 Å². The second-order valence-corrected chi connectivity index (χ2v) is 10.2. The van der Waals surface area contributed by atoms with E-state index in [2.05, 4.69) is 24.9 Å². The first-order valence-electron chi connectivity index (χ1n) is 11.9. The van der Waals surface area contributed by atoms with Gasteiger partial charge in [0, 0.05) is 44.4 Å². The summed E-state index contributed by atoms with van der Waals surface area (Å²) < 4.78 is 52.0. The molecule has 1 aliphatic heterocycles. The topological polar surface area (TPSA) is 87.8 Å². The summed E-state index contributed by atoms with van der Waals surface area (Å²) in [5.41, 5.74) is -0.00605. The second-order valence-electron chi connectivity index (χ2n) is 8.96. The number of aromatic nitrogens is 3. The minimum Gasteiger partial charge on any atom is -0.491 e. The molecule has 0 bridgehead atoms. The van der Waals surface area contributed by atoms with E-state index in [1.807, 2.05) is 25.1 Å². The van der Waals surface area contributed by atoms with Crippen molar-refractivity contribution in [2.45, 2.75) is 25.7 Å². The Morgan fingerprint density at radius 3 is 2.62 bits per heavy atom. The molecule has 0 spiro atoms. The number of hydrogen-bond donors (Lipinski definition) is 1. The molecule has 196 valence electrons. The van der Waals surface area contributed by atoms with Crippen LogP contribution >= 0.6 is 11.3 Å². The molecule has 0 saturated carbocycles. The van der Waals surface area contributed by atoms with Gasteiger partial charge >= 0.3 is 6.18 Å². The third-order valence-electron chi connectivity index (χ3n) is 6.14. The van der Waals surface area contributed by atoms with Crippen LogP contribution in [0.2, 0.25) is 0 Å². The molecule has 0 radical (unpaired) electrons. The van der Waals surface area contributed by atoms with Gasteiger partial charge in [-0.05, 0) is 25.1 Å². The maximum Gasteiger partial charge on any atom is 0.417 e. The molecule has 5 rings (SSSR count). The molecule has 12 heteroatoms. The first kappa shape index (κ1) is 25.6. The molecule has 1 aliphatic rings. The summed E-state index contributed by atoms with van der Waals surface area (Å²) in [4.78, 5) is 12.9. The monoisotopic (exact) mass is 533 g/mol. The van der Waals surface area contributed by atoms with E-state index >= 15 is 0 Å². The maximum atomic E-state index is 13.3. The Kier molecular flexibility index (Phi) is 7.43. The van der Waals surface area contributed by atoms with E-state index in [-0.39, 0.29) is 23.9 Å². The van der Waals surface area contributed by atoms with Crippen molar-refractivity contribution in [2.75, 3.05) is 39.3 Å². The fraction of sp³-hybridized carbons (Fsp3) is 0.400. The lowest BCUT2D eigenvalue weighted by atomic mass is 10.1. The molecular formula is C25H26F3N5O3S. The van der Waals surface area contributed by atoms with Gasteiger partial charge in [0.15, 0.2) is 0 Å². The number of aliphatic hydroxyl groups excluding tert-OH is 1. The van der Waals surface area contributed by atoms with Gasteiger partial charge in [-0.15, -0.1) is 11.3 Å². The van der Waals surface area contributed by atoms with Gasteiger partial charge in [0.2, 0.25) is 11.7 Å². The molecule has 2 aromatic heterocycles. The SMILES string of the molecule is Cc1nc2cc(OC[C@@H](O)CN3CCN(Cc4nc(-c5ccccc5C(F)(F)F)no4)CC3)ccc2s1. The summed E-state index contributed by atoms with van der Waals surface area (Å²) in [5.74, 6) is 0.869. The summed E-state index contributed by atoms with van der Waals surface area (Å²) >= 11 is 1.63. The van der Waals surface area contributed by atoms with Crippen molar-refractivity contribution in [2.24, 2.45) is 0 Å². The Bertz CT molecular complexity index is 1350. The number of ether oxygens (including phenoxy) is 1. The van der Waals surface area contributed by atoms with E-state index in [0.29, 0.717) is 31.9 Å². The molecule has 0 aliphatic carbocycles. The van der Waals surface area contributed by atoms with E-state index < -0.39 is 17.8 Å². The van der Waals surface area contributed by atoms with Gasteiger partial charge < -0.3 is 14.4 Å². The molecule has 2 aromatic carbocycles. The Labute approximate surface area is 215 Å². The van der Waals surface area contributed by atoms with Crippen LogP contribution in [0.15, 0.2) is 47.0 Å². The zero-order chi connectivity index (χ0) is 26.0. The maximum absolute atomic E-state index is 13.3. The number of alkyl halides is 3. The standard InChI is InChI=1S/C25H26F3N5O3S/c1-16-29-21-12-18(6-7-22(21)37-16)35-15-17(34)13-32-8-10-33(11-9-32)14-23-30-24(31-36-23)19-4-2-3-5-20(19)25(26,27)28/h2-7,12,17,34H,8-11,13-15H2,1H3/t17-/m0/s1. The molecule has 1 saturated heterocycles. The minimum atomic E-state index is -4.50. The van der Waals surface area contributed by atoms with Crippen LogP contribution in [0, 0.1) is 6.92 Å². The van der Waals surface area contributed by atoms with Crippen molar-refractivity contribution >= 4 is 21.6 Å². The van der Waals surface area contributed by atoms with Gasteiger partial charge in [0.1, 0.15) is 18.5 Å². The number of fused-ring (bicyclic) bond motifs is 1. The third kappa shape index (κ3) is 6.27. The average Bonchev–Trinajstić information content (AvgIpc) is 3.48. The molecule has 1 N–H and O–H groups in total. The Morgan fingerprint density at radius 2 is 1.84 bits per heavy atom. The molecular weight excluding hydrogens is 507 g/mol. The largest absolute Gasteiger partial charge is 0.491 e. The molecule has 8 nitrogen and oxygen atoms in total. The number of nitrogens with zero attached hydrogens (tertiary/aromatic N) is 5. The predicted octanol–water partition coefficient (Wildman–Crippen LogP) is 4.23. The Morgan fingerprint density at radius 1 is 1.08 bits per heavy atom. The van der Waals surface area contributed by atoms with Crippen molar-refractivity contribution in [3.63, 3.8) is 0 Å². The van der Waals surface area contributed by atoms with Crippen molar-refractivity contribution in [1.82, 2.24) is 24.9 Å². The first-order chi connectivity index (χ1) is 17.7. The number of piperazine rings is 1. The zero-order valence-electron chi connectivity index (χ0n) is 20.1. The third-order valence-corrected chi connectivity index (χ3v) is 7.09. The number of aryl methyl sites for hydroxylation is 1. The fourth-order valence-corrected chi connectivity index (χ4v) is 5.14. The van der Waals surface area contributed by atoms with Gasteiger partial charge in [0.25, 0.3) is 0 Å². The van der Waals surface area contributed by atoms with Crippen molar-refractivity contribution in [3.8, 4) is 17.1 Å². The smallest absolute Gasteiger partial charge is 0.417 e. The summed E-state index contributed by atoms with van der Waals surface area (Å²) in [6, 6.07) is 10.9. The quantitative estimate of drug-likeness (QED) is 0.360. The number of hydrogen-bond acceptors (Lipinski definition) is 9. The summed E-state index contributed by atoms with van der Waals surface area (Å²) in [5, 5.41) is 15.2. The number of halogens is 3. The lowest BCUT2D eigenvalue weighted by Crippen LogP contribution is -2.48. The highest BCUT2D eigenvalue weighted by atomic mass is 32.1. The highest BCUT2D eigenvalue weighted by molar-refractivity contribution is 7.18. The van der Waals surface area contributed by atoms with Gasteiger partial charge in [-0.1, -0.05) is 23.4 Å². The van der Waals surface area contributed by atoms with Gasteiger partial charge in [-0.3, -0.25) is 9.80 Å². The molecule has 0 unspecified atom stereocenters. The van der Waals surface area contributed by atoms with Crippen LogP contribution in [0.3, 0.4) is 0 Å². The van der Waals surface area contributed by atoms with Gasteiger partial charge in [-0.25, -0.2) is 4.98 Å². The van der Waals surface area contributed by atoms with Crippen LogP contribution in [0.25, 0.3) is 21.6 Å². The van der Waals surface area contributed by atoms with Crippen molar-refractivity contribution in [1.29, 1.82) is 0 Å². The summed E-state index contributed by atoms with van der Waals surface area (Å²) in [6.07, 6.45) is -5.15. The number of aliphatic hydroxyl groups is 1. The van der Waals surface area contributed by atoms with E-state index in [0.717, 1.165) is 34.4 Å². The minimum absolute atomic E-state index is 0.0752. The fourth-order valence-electron chi connectivity index (χ4n) is 4.33. The molecule has 3 heterocycles. The molecule has 4 aromatic rings. The van der Waals surface area contributed by atoms with Gasteiger partial charge in [0.05, 0.1) is 27.3 Å². The van der Waals surface area contributed by atoms with Crippen LogP contribution in [-0.2, 0) is 12.7 Å². The van der Waals surface area contributed by atoms with E-state index in [9.17, 15) is 18.3 Å². The lowest BCUT2D eigenvalue weighted by Gasteiger charge is -2.34. The summed E-state index contributed by atoms with van der Waals surface area (Å²) in [6.45, 7) is 5.81. The van der Waals surface area contributed by atoms with Crippen molar-refractivity contribution in [3.05, 3.63) is 58.9 Å². The Balaban J connectivity index is 1.08. The van der Waals surface area contributed by atoms with Crippen molar-refractivity contribution < 1.29 is 27.5 Å². The number of benzene rings is 2. The molecule has 37 heavy (non-hydrogen) atoms. The average molecular weight is 534 g/mol. The molecule has 1 fully saturated rings. The highest BCUT2D eigenvalue weighted by Crippen LogP contribution is 2.36. The number of rotatable bonds is 8. The van der Waals surface area contributed by atoms with E-state index in [4.69, 9.17) is 9.26 Å². The highest BCUT2D eigenvalue weighted by Gasteiger charge is 2.34. The number of β-amino-alcohol motifs (C(OH)–C–C–N with tert-alkyl or cyclic N) is 1. The lowest BCUT2D eigenvalue weighted by molar-refractivity contribution is -0.137. The second kappa shape index (κ2) is 10.7.